The molecular formula is C19H22N4O. The van der Waals surface area contributed by atoms with E-state index in [9.17, 15) is 4.79 Å². The van der Waals surface area contributed by atoms with Crippen molar-refractivity contribution < 1.29 is 4.79 Å². The van der Waals surface area contributed by atoms with Gasteiger partial charge >= 0.3 is 0 Å². The maximum absolute atomic E-state index is 12.5. The lowest BCUT2D eigenvalue weighted by Crippen LogP contribution is -2.49. The zero-order valence-corrected chi connectivity index (χ0v) is 14.0. The maximum atomic E-state index is 12.5. The van der Waals surface area contributed by atoms with Crippen molar-refractivity contribution in [1.29, 1.82) is 0 Å². The number of aryl methyl sites for hydroxylation is 1. The Morgan fingerprint density at radius 2 is 1.92 bits per heavy atom. The van der Waals surface area contributed by atoms with Gasteiger partial charge in [-0.05, 0) is 48.9 Å². The third kappa shape index (κ3) is 2.98. The summed E-state index contributed by atoms with van der Waals surface area (Å²) in [5, 5.41) is 0. The van der Waals surface area contributed by atoms with Crippen molar-refractivity contribution >= 4 is 11.7 Å². The van der Waals surface area contributed by atoms with Crippen molar-refractivity contribution in [1.82, 2.24) is 14.9 Å². The average molecular weight is 322 g/mol. The Hall–Kier alpha value is -2.43. The van der Waals surface area contributed by atoms with Crippen LogP contribution in [0, 0.1) is 6.92 Å². The van der Waals surface area contributed by atoms with Crippen LogP contribution in [-0.4, -0.2) is 47.0 Å². The van der Waals surface area contributed by atoms with Crippen molar-refractivity contribution in [2.75, 3.05) is 31.1 Å². The highest BCUT2D eigenvalue weighted by Gasteiger charge is 2.27. The van der Waals surface area contributed by atoms with Crippen molar-refractivity contribution in [2.45, 2.75) is 25.7 Å². The van der Waals surface area contributed by atoms with Crippen molar-refractivity contribution in [2.24, 2.45) is 0 Å². The molecule has 5 heteroatoms. The molecule has 0 atom stereocenters. The fourth-order valence-electron chi connectivity index (χ4n) is 3.33. The van der Waals surface area contributed by atoms with Crippen LogP contribution in [0.25, 0.3) is 0 Å². The minimum Gasteiger partial charge on any atom is -0.353 e. The molecular weight excluding hydrogens is 300 g/mol. The molecule has 24 heavy (non-hydrogen) atoms. The fraction of sp³-hybridized carbons (Fsp3) is 0.421. The number of piperazine rings is 1. The summed E-state index contributed by atoms with van der Waals surface area (Å²) in [6.07, 6.45) is 6.30. The molecule has 1 aliphatic heterocycles. The largest absolute Gasteiger partial charge is 0.353 e. The van der Waals surface area contributed by atoms with E-state index < -0.39 is 0 Å². The van der Waals surface area contributed by atoms with Gasteiger partial charge in [-0.15, -0.1) is 0 Å². The highest BCUT2D eigenvalue weighted by atomic mass is 16.2. The topological polar surface area (TPSA) is 49.3 Å². The molecule has 1 saturated carbocycles. The van der Waals surface area contributed by atoms with Crippen LogP contribution < -0.4 is 4.90 Å². The lowest BCUT2D eigenvalue weighted by atomic mass is 10.1. The van der Waals surface area contributed by atoms with Crippen LogP contribution in [0.15, 0.2) is 36.7 Å². The Labute approximate surface area is 142 Å². The van der Waals surface area contributed by atoms with Crippen molar-refractivity contribution in [3.05, 3.63) is 53.5 Å². The van der Waals surface area contributed by atoms with Crippen molar-refractivity contribution in [3.63, 3.8) is 0 Å². The number of carbonyl (C=O) groups excluding carboxylic acids is 1. The normalized spacial score (nSPS) is 17.9. The van der Waals surface area contributed by atoms with Gasteiger partial charge in [0.05, 0.1) is 0 Å². The first-order valence-electron chi connectivity index (χ1n) is 8.64. The number of aromatic nitrogens is 2. The van der Waals surface area contributed by atoms with Gasteiger partial charge in [-0.2, -0.15) is 0 Å². The van der Waals surface area contributed by atoms with E-state index in [2.05, 4.69) is 22.9 Å². The minimum absolute atomic E-state index is 0.0176. The third-order valence-electron chi connectivity index (χ3n) is 4.87. The summed E-state index contributed by atoms with van der Waals surface area (Å²) < 4.78 is 0. The molecule has 2 fully saturated rings. The molecule has 4 rings (SSSR count). The van der Waals surface area contributed by atoms with Gasteiger partial charge in [0.25, 0.3) is 5.91 Å². The molecule has 1 aliphatic carbocycles. The van der Waals surface area contributed by atoms with Crippen molar-refractivity contribution in [3.8, 4) is 0 Å². The lowest BCUT2D eigenvalue weighted by molar-refractivity contribution is 0.0740. The average Bonchev–Trinajstić information content (AvgIpc) is 3.47. The predicted octanol–water partition coefficient (Wildman–Crippen LogP) is 2.62. The Morgan fingerprint density at radius 1 is 1.12 bits per heavy atom. The molecule has 0 bridgehead atoms. The third-order valence-corrected chi connectivity index (χ3v) is 4.87. The molecule has 1 amide bonds. The molecule has 0 unspecified atom stereocenters. The molecule has 2 aromatic rings. The molecule has 1 saturated heterocycles. The summed E-state index contributed by atoms with van der Waals surface area (Å²) >= 11 is 0. The van der Waals surface area contributed by atoms with Gasteiger partial charge < -0.3 is 9.80 Å². The molecule has 0 aromatic carbocycles. The molecule has 2 aliphatic rings. The van der Waals surface area contributed by atoms with Gasteiger partial charge in [-0.3, -0.25) is 9.78 Å². The predicted molar refractivity (Wildman–Crippen MR) is 93.3 cm³/mol. The van der Waals surface area contributed by atoms with Crippen LogP contribution in [-0.2, 0) is 0 Å². The monoisotopic (exact) mass is 322 g/mol. The second-order valence-electron chi connectivity index (χ2n) is 6.68. The summed E-state index contributed by atoms with van der Waals surface area (Å²) in [7, 11) is 0. The number of hydrogen-bond donors (Lipinski definition) is 0. The lowest BCUT2D eigenvalue weighted by Gasteiger charge is -2.36. The van der Waals surface area contributed by atoms with Crippen LogP contribution in [0.5, 0.6) is 0 Å². The van der Waals surface area contributed by atoms with E-state index >= 15 is 0 Å². The summed E-state index contributed by atoms with van der Waals surface area (Å²) in [6, 6.07) is 7.74. The Bertz CT molecular complexity index is 734. The first-order chi connectivity index (χ1) is 11.7. The molecule has 0 N–H and O–H groups in total. The van der Waals surface area contributed by atoms with Crippen LogP contribution in [0.4, 0.5) is 5.82 Å². The second-order valence-corrected chi connectivity index (χ2v) is 6.68. The quantitative estimate of drug-likeness (QED) is 0.871. The Kier molecular flexibility index (Phi) is 3.92. The molecule has 0 radical (unpaired) electrons. The van der Waals surface area contributed by atoms with E-state index in [1.165, 1.54) is 24.0 Å². The summed E-state index contributed by atoms with van der Waals surface area (Å²) in [6.45, 7) is 5.19. The number of hydrogen-bond acceptors (Lipinski definition) is 4. The number of anilines is 1. The van der Waals surface area contributed by atoms with Gasteiger partial charge in [-0.1, -0.05) is 12.1 Å². The van der Waals surface area contributed by atoms with Crippen LogP contribution in [0.2, 0.25) is 0 Å². The Balaban J connectivity index is 1.42. The van der Waals surface area contributed by atoms with Gasteiger partial charge in [0.1, 0.15) is 11.5 Å². The zero-order chi connectivity index (χ0) is 16.5. The van der Waals surface area contributed by atoms with E-state index in [-0.39, 0.29) is 5.91 Å². The summed E-state index contributed by atoms with van der Waals surface area (Å²) in [4.78, 5) is 25.5. The van der Waals surface area contributed by atoms with E-state index in [0.29, 0.717) is 18.8 Å². The number of amides is 1. The van der Waals surface area contributed by atoms with E-state index in [1.54, 1.807) is 12.3 Å². The van der Waals surface area contributed by atoms with Gasteiger partial charge in [0.2, 0.25) is 0 Å². The van der Waals surface area contributed by atoms with Gasteiger partial charge in [0, 0.05) is 38.6 Å². The van der Waals surface area contributed by atoms with Crippen LogP contribution >= 0.6 is 0 Å². The first kappa shape index (κ1) is 15.1. The smallest absolute Gasteiger partial charge is 0.272 e. The first-order valence-corrected chi connectivity index (χ1v) is 8.64. The molecule has 2 aromatic heterocycles. The molecule has 5 nitrogen and oxygen atoms in total. The highest BCUT2D eigenvalue weighted by Crippen LogP contribution is 2.40. The number of carbonyl (C=O) groups is 1. The van der Waals surface area contributed by atoms with E-state index in [1.807, 2.05) is 23.2 Å². The standard InChI is InChI=1S/C19H22N4O/c1-14-12-16(15-5-6-15)13-21-18(14)22-8-10-23(11-9-22)19(24)17-4-2-3-7-20-17/h2-4,7,12-13,15H,5-6,8-11H2,1H3. The van der Waals surface area contributed by atoms with Crippen LogP contribution in [0.3, 0.4) is 0 Å². The summed E-state index contributed by atoms with van der Waals surface area (Å²) in [5.41, 5.74) is 3.14. The van der Waals surface area contributed by atoms with Gasteiger partial charge in [0.15, 0.2) is 0 Å². The molecule has 124 valence electrons. The SMILES string of the molecule is Cc1cc(C2CC2)cnc1N1CCN(C(=O)c2ccccn2)CC1. The fourth-order valence-corrected chi connectivity index (χ4v) is 3.33. The zero-order valence-electron chi connectivity index (χ0n) is 14.0. The number of rotatable bonds is 3. The number of pyridine rings is 2. The van der Waals surface area contributed by atoms with Crippen LogP contribution in [0.1, 0.15) is 40.4 Å². The Morgan fingerprint density at radius 3 is 2.54 bits per heavy atom. The number of nitrogens with zero attached hydrogens (tertiary/aromatic N) is 4. The molecule has 3 heterocycles. The highest BCUT2D eigenvalue weighted by molar-refractivity contribution is 5.92. The second kappa shape index (κ2) is 6.23. The van der Waals surface area contributed by atoms with Gasteiger partial charge in [-0.25, -0.2) is 4.98 Å². The van der Waals surface area contributed by atoms with E-state index in [0.717, 1.165) is 24.8 Å². The maximum Gasteiger partial charge on any atom is 0.272 e. The molecule has 0 spiro atoms. The minimum atomic E-state index is 0.0176. The summed E-state index contributed by atoms with van der Waals surface area (Å²) in [5.74, 6) is 1.81. The van der Waals surface area contributed by atoms with E-state index in [4.69, 9.17) is 4.98 Å².